The fourth-order valence-electron chi connectivity index (χ4n) is 2.43. The van der Waals surface area contributed by atoms with Crippen molar-refractivity contribution in [2.45, 2.75) is 45.3 Å². The molecule has 5 nitrogen and oxygen atoms in total. The van der Waals surface area contributed by atoms with Crippen LogP contribution in [-0.4, -0.2) is 23.3 Å². The Morgan fingerprint density at radius 1 is 0.815 bits per heavy atom. The van der Waals surface area contributed by atoms with E-state index in [9.17, 15) is 14.4 Å². The lowest BCUT2D eigenvalue weighted by Gasteiger charge is -2.19. The van der Waals surface area contributed by atoms with E-state index >= 15 is 0 Å². The third-order valence-corrected chi connectivity index (χ3v) is 3.64. The molecular weight excluding hydrogens is 344 g/mol. The highest BCUT2D eigenvalue weighted by Gasteiger charge is 2.24. The summed E-state index contributed by atoms with van der Waals surface area (Å²) in [5.74, 6) is -2.22. The van der Waals surface area contributed by atoms with Crippen molar-refractivity contribution in [1.29, 1.82) is 0 Å². The fourth-order valence-corrected chi connectivity index (χ4v) is 2.43. The third-order valence-electron chi connectivity index (χ3n) is 3.64. The molecule has 2 aromatic carbocycles. The first kappa shape index (κ1) is 20.4. The van der Waals surface area contributed by atoms with Crippen LogP contribution in [0.2, 0.25) is 0 Å². The molecule has 0 spiro atoms. The number of ether oxygens (including phenoxy) is 2. The number of hydrogen-bond acceptors (Lipinski definition) is 5. The average molecular weight is 368 g/mol. The maximum Gasteiger partial charge on any atom is 0.375 e. The van der Waals surface area contributed by atoms with Crippen LogP contribution in [0.15, 0.2) is 60.7 Å². The van der Waals surface area contributed by atoms with E-state index in [1.165, 1.54) is 0 Å². The zero-order valence-corrected chi connectivity index (χ0v) is 15.8. The van der Waals surface area contributed by atoms with Crippen molar-refractivity contribution in [3.05, 3.63) is 71.8 Å². The second-order valence-electron chi connectivity index (χ2n) is 7.12. The van der Waals surface area contributed by atoms with Gasteiger partial charge in [-0.3, -0.25) is 9.59 Å². The zero-order chi connectivity index (χ0) is 19.9. The Bertz CT molecular complexity index is 736. The molecule has 0 atom stereocenters. The summed E-state index contributed by atoms with van der Waals surface area (Å²) in [6, 6.07) is 18.7. The van der Waals surface area contributed by atoms with Gasteiger partial charge in [0.05, 0.1) is 6.42 Å². The quantitative estimate of drug-likeness (QED) is 0.545. The molecule has 0 amide bonds. The highest BCUT2D eigenvalue weighted by atomic mass is 16.6. The molecule has 0 aliphatic heterocycles. The largest absolute Gasteiger partial charge is 0.454 e. The van der Waals surface area contributed by atoms with Crippen LogP contribution in [0.4, 0.5) is 0 Å². The van der Waals surface area contributed by atoms with Crippen molar-refractivity contribution in [3.8, 4) is 0 Å². The number of carbonyl (C=O) groups excluding carboxylic acids is 3. The number of benzene rings is 2. The van der Waals surface area contributed by atoms with Gasteiger partial charge in [0.2, 0.25) is 5.78 Å². The summed E-state index contributed by atoms with van der Waals surface area (Å²) in [6.07, 6.45) is -1.00. The van der Waals surface area contributed by atoms with Crippen molar-refractivity contribution >= 4 is 17.7 Å². The molecule has 0 bridgehead atoms. The number of Topliss-reactive ketones (excluding diaryl/α,β-unsaturated/α-hetero) is 1. The van der Waals surface area contributed by atoms with E-state index in [1.807, 2.05) is 60.7 Å². The smallest absolute Gasteiger partial charge is 0.375 e. The fraction of sp³-hybridized carbons (Fsp3) is 0.318. The second kappa shape index (κ2) is 9.12. The molecule has 0 aliphatic rings. The average Bonchev–Trinajstić information content (AvgIpc) is 2.64. The van der Waals surface area contributed by atoms with Crippen LogP contribution in [0, 0.1) is 0 Å². The van der Waals surface area contributed by atoms with Gasteiger partial charge < -0.3 is 9.47 Å². The Labute approximate surface area is 159 Å². The topological polar surface area (TPSA) is 69.7 Å². The van der Waals surface area contributed by atoms with E-state index in [1.54, 1.807) is 20.8 Å². The minimum atomic E-state index is -0.932. The lowest BCUT2D eigenvalue weighted by atomic mass is 10.0. The monoisotopic (exact) mass is 368 g/mol. The second-order valence-corrected chi connectivity index (χ2v) is 7.12. The molecule has 0 saturated carbocycles. The van der Waals surface area contributed by atoms with Crippen molar-refractivity contribution in [2.24, 2.45) is 0 Å². The number of hydrogen-bond donors (Lipinski definition) is 0. The van der Waals surface area contributed by atoms with Crippen molar-refractivity contribution in [3.63, 3.8) is 0 Å². The van der Waals surface area contributed by atoms with Gasteiger partial charge in [0.1, 0.15) is 5.60 Å². The summed E-state index contributed by atoms with van der Waals surface area (Å²) >= 11 is 0. The Balaban J connectivity index is 2.00. The predicted octanol–water partition coefficient (Wildman–Crippen LogP) is 4.01. The number of carbonyl (C=O) groups is 3. The summed E-state index contributed by atoms with van der Waals surface area (Å²) < 4.78 is 10.6. The van der Waals surface area contributed by atoms with Crippen LogP contribution in [0.25, 0.3) is 0 Å². The Morgan fingerprint density at radius 2 is 1.30 bits per heavy atom. The van der Waals surface area contributed by atoms with Gasteiger partial charge >= 0.3 is 11.9 Å². The predicted molar refractivity (Wildman–Crippen MR) is 101 cm³/mol. The van der Waals surface area contributed by atoms with Crippen LogP contribution >= 0.6 is 0 Å². The molecule has 2 rings (SSSR count). The maximum absolute atomic E-state index is 12.3. The molecule has 2 aromatic rings. The molecule has 5 heteroatoms. The maximum atomic E-state index is 12.3. The molecular formula is C22H24O5. The number of esters is 2. The molecule has 0 N–H and O–H groups in total. The Hall–Kier alpha value is -2.95. The van der Waals surface area contributed by atoms with Gasteiger partial charge in [-0.25, -0.2) is 4.79 Å². The van der Waals surface area contributed by atoms with E-state index in [0.717, 1.165) is 11.1 Å². The van der Waals surface area contributed by atoms with E-state index in [4.69, 9.17) is 9.47 Å². The van der Waals surface area contributed by atoms with Crippen molar-refractivity contribution in [1.82, 2.24) is 0 Å². The lowest BCUT2D eigenvalue weighted by Crippen LogP contribution is -2.29. The first-order valence-corrected chi connectivity index (χ1v) is 8.82. The molecule has 0 fully saturated rings. The molecule has 0 aromatic heterocycles. The highest BCUT2D eigenvalue weighted by molar-refractivity contribution is 6.33. The number of rotatable bonds is 7. The van der Waals surface area contributed by atoms with Crippen LogP contribution in [0.1, 0.15) is 50.8 Å². The first-order chi connectivity index (χ1) is 12.8. The van der Waals surface area contributed by atoms with Crippen LogP contribution in [-0.2, 0) is 23.9 Å². The normalized spacial score (nSPS) is 11.1. The van der Waals surface area contributed by atoms with Gasteiger partial charge in [0.15, 0.2) is 6.10 Å². The van der Waals surface area contributed by atoms with Gasteiger partial charge in [-0.2, -0.15) is 0 Å². The third kappa shape index (κ3) is 6.70. The van der Waals surface area contributed by atoms with E-state index in [0.29, 0.717) is 0 Å². The zero-order valence-electron chi connectivity index (χ0n) is 15.8. The van der Waals surface area contributed by atoms with Crippen LogP contribution in [0.3, 0.4) is 0 Å². The van der Waals surface area contributed by atoms with E-state index in [-0.39, 0.29) is 12.8 Å². The van der Waals surface area contributed by atoms with Gasteiger partial charge in [0.25, 0.3) is 0 Å². The summed E-state index contributed by atoms with van der Waals surface area (Å²) in [7, 11) is 0. The molecule has 0 heterocycles. The lowest BCUT2D eigenvalue weighted by molar-refractivity contribution is -0.163. The SMILES string of the molecule is CC(C)(C)OC(=O)C(=O)CCC(=O)OC(c1ccccc1)c1ccccc1. The van der Waals surface area contributed by atoms with Crippen molar-refractivity contribution < 1.29 is 23.9 Å². The first-order valence-electron chi connectivity index (χ1n) is 8.82. The van der Waals surface area contributed by atoms with Gasteiger partial charge in [0, 0.05) is 6.42 Å². The van der Waals surface area contributed by atoms with E-state index in [2.05, 4.69) is 0 Å². The molecule has 27 heavy (non-hydrogen) atoms. The summed E-state index contributed by atoms with van der Waals surface area (Å²) in [4.78, 5) is 35.9. The molecule has 0 saturated heterocycles. The molecule has 142 valence electrons. The standard InChI is InChI=1S/C22H24O5/c1-22(2,3)27-21(25)18(23)14-15-19(24)26-20(16-10-6-4-7-11-16)17-12-8-5-9-13-17/h4-13,20H,14-15H2,1-3H3. The van der Waals surface area contributed by atoms with Crippen LogP contribution < -0.4 is 0 Å². The summed E-state index contributed by atoms with van der Waals surface area (Å²) in [5.41, 5.74) is 0.907. The van der Waals surface area contributed by atoms with Crippen molar-refractivity contribution in [2.75, 3.05) is 0 Å². The highest BCUT2D eigenvalue weighted by Crippen LogP contribution is 2.26. The van der Waals surface area contributed by atoms with E-state index < -0.39 is 29.4 Å². The molecule has 0 radical (unpaired) electrons. The number of ketones is 1. The summed E-state index contributed by atoms with van der Waals surface area (Å²) in [5, 5.41) is 0. The van der Waals surface area contributed by atoms with Gasteiger partial charge in [-0.1, -0.05) is 60.7 Å². The Morgan fingerprint density at radius 3 is 1.74 bits per heavy atom. The minimum Gasteiger partial charge on any atom is -0.454 e. The Kier molecular flexibility index (Phi) is 6.88. The molecule has 0 unspecified atom stereocenters. The minimum absolute atomic E-state index is 0.186. The van der Waals surface area contributed by atoms with Gasteiger partial charge in [-0.15, -0.1) is 0 Å². The van der Waals surface area contributed by atoms with Gasteiger partial charge in [-0.05, 0) is 31.9 Å². The van der Waals surface area contributed by atoms with Crippen LogP contribution in [0.5, 0.6) is 0 Å². The summed E-state index contributed by atoms with van der Waals surface area (Å²) in [6.45, 7) is 5.03. The molecule has 0 aliphatic carbocycles.